The van der Waals surface area contributed by atoms with Crippen molar-refractivity contribution in [1.82, 2.24) is 4.90 Å². The Labute approximate surface area is 136 Å². The van der Waals surface area contributed by atoms with Crippen LogP contribution < -0.4 is 9.47 Å². The molecule has 0 fully saturated rings. The highest BCUT2D eigenvalue weighted by atomic mass is 16.5. The second-order valence-corrected chi connectivity index (χ2v) is 5.15. The average molecular weight is 315 g/mol. The van der Waals surface area contributed by atoms with Crippen molar-refractivity contribution in [3.8, 4) is 11.5 Å². The first kappa shape index (κ1) is 16.7. The van der Waals surface area contributed by atoms with E-state index in [1.807, 2.05) is 31.2 Å². The van der Waals surface area contributed by atoms with E-state index in [1.54, 1.807) is 38.3 Å². The van der Waals surface area contributed by atoms with Crippen LogP contribution in [0.5, 0.6) is 11.5 Å². The van der Waals surface area contributed by atoms with Crippen LogP contribution in [0.3, 0.4) is 0 Å². The number of hydrogen-bond acceptors (Lipinski definition) is 4. The lowest BCUT2D eigenvalue weighted by atomic mass is 10.1. The van der Waals surface area contributed by atoms with E-state index < -0.39 is 0 Å². The fraction of sp³-hybridized carbons (Fsp3) is 0.278. The van der Waals surface area contributed by atoms with Crippen molar-refractivity contribution in [3.05, 3.63) is 53.5 Å². The Hall–Kier alpha value is -2.69. The third-order valence-electron chi connectivity index (χ3n) is 3.43. The van der Waals surface area contributed by atoms with Crippen LogP contribution in [0.4, 0.5) is 0 Å². The van der Waals surface area contributed by atoms with Gasteiger partial charge in [0.05, 0.1) is 14.2 Å². The molecule has 0 aliphatic carbocycles. The summed E-state index contributed by atoms with van der Waals surface area (Å²) in [6.45, 7) is 2.30. The van der Waals surface area contributed by atoms with Gasteiger partial charge in [-0.05, 0) is 37.3 Å². The Bertz CT molecular complexity index is 703. The molecule has 5 nitrogen and oxygen atoms in total. The van der Waals surface area contributed by atoms with E-state index in [0.717, 1.165) is 11.3 Å². The SMILES string of the molecule is COc1ccc(CN(C)C(=O)C=Cc2ccc(C)o2)c(OC)c1. The lowest BCUT2D eigenvalue weighted by molar-refractivity contribution is -0.125. The van der Waals surface area contributed by atoms with Crippen LogP contribution in [-0.2, 0) is 11.3 Å². The molecule has 0 saturated heterocycles. The van der Waals surface area contributed by atoms with Gasteiger partial charge in [0.15, 0.2) is 0 Å². The maximum atomic E-state index is 12.2. The Morgan fingerprint density at radius 1 is 1.22 bits per heavy atom. The van der Waals surface area contributed by atoms with E-state index in [2.05, 4.69) is 0 Å². The number of hydrogen-bond donors (Lipinski definition) is 0. The van der Waals surface area contributed by atoms with Gasteiger partial charge in [-0.3, -0.25) is 4.79 Å². The molecule has 0 spiro atoms. The molecule has 0 saturated carbocycles. The number of aryl methyl sites for hydroxylation is 1. The van der Waals surface area contributed by atoms with E-state index in [9.17, 15) is 4.79 Å². The Morgan fingerprint density at radius 3 is 2.61 bits per heavy atom. The van der Waals surface area contributed by atoms with Gasteiger partial charge in [-0.1, -0.05) is 0 Å². The molecule has 0 unspecified atom stereocenters. The molecular weight excluding hydrogens is 294 g/mol. The van der Waals surface area contributed by atoms with E-state index in [0.29, 0.717) is 23.8 Å². The maximum absolute atomic E-state index is 12.2. The van der Waals surface area contributed by atoms with Crippen molar-refractivity contribution in [2.24, 2.45) is 0 Å². The number of rotatable bonds is 6. The lowest BCUT2D eigenvalue weighted by Gasteiger charge is -2.17. The summed E-state index contributed by atoms with van der Waals surface area (Å²) in [5.74, 6) is 2.76. The van der Waals surface area contributed by atoms with Crippen LogP contribution in [0.1, 0.15) is 17.1 Å². The van der Waals surface area contributed by atoms with Gasteiger partial charge in [0.1, 0.15) is 23.0 Å². The van der Waals surface area contributed by atoms with E-state index in [1.165, 1.54) is 6.08 Å². The topological polar surface area (TPSA) is 51.9 Å². The molecule has 0 aliphatic heterocycles. The summed E-state index contributed by atoms with van der Waals surface area (Å²) in [5, 5.41) is 0. The van der Waals surface area contributed by atoms with Crippen LogP contribution >= 0.6 is 0 Å². The molecule has 2 aromatic rings. The minimum absolute atomic E-state index is 0.114. The number of ether oxygens (including phenoxy) is 2. The van der Waals surface area contributed by atoms with Crippen molar-refractivity contribution in [1.29, 1.82) is 0 Å². The van der Waals surface area contributed by atoms with E-state index >= 15 is 0 Å². The lowest BCUT2D eigenvalue weighted by Crippen LogP contribution is -2.24. The van der Waals surface area contributed by atoms with Crippen LogP contribution in [-0.4, -0.2) is 32.1 Å². The number of amides is 1. The van der Waals surface area contributed by atoms with Gasteiger partial charge in [0.25, 0.3) is 0 Å². The largest absolute Gasteiger partial charge is 0.497 e. The van der Waals surface area contributed by atoms with E-state index in [4.69, 9.17) is 13.9 Å². The van der Waals surface area contributed by atoms with Gasteiger partial charge in [-0.25, -0.2) is 0 Å². The predicted molar refractivity (Wildman–Crippen MR) is 88.5 cm³/mol. The molecule has 5 heteroatoms. The van der Waals surface area contributed by atoms with Gasteiger partial charge < -0.3 is 18.8 Å². The molecule has 1 aromatic carbocycles. The highest BCUT2D eigenvalue weighted by Crippen LogP contribution is 2.25. The van der Waals surface area contributed by atoms with E-state index in [-0.39, 0.29) is 5.91 Å². The molecule has 2 rings (SSSR count). The first-order valence-corrected chi connectivity index (χ1v) is 7.24. The van der Waals surface area contributed by atoms with Crippen molar-refractivity contribution >= 4 is 12.0 Å². The quantitative estimate of drug-likeness (QED) is 0.768. The molecule has 0 N–H and O–H groups in total. The number of nitrogens with zero attached hydrogens (tertiary/aromatic N) is 1. The molecule has 0 aliphatic rings. The summed E-state index contributed by atoms with van der Waals surface area (Å²) in [5.41, 5.74) is 0.909. The summed E-state index contributed by atoms with van der Waals surface area (Å²) in [4.78, 5) is 13.8. The second-order valence-electron chi connectivity index (χ2n) is 5.15. The fourth-order valence-electron chi connectivity index (χ4n) is 2.14. The van der Waals surface area contributed by atoms with Crippen LogP contribution in [0.25, 0.3) is 6.08 Å². The second kappa shape index (κ2) is 7.54. The zero-order valence-corrected chi connectivity index (χ0v) is 13.8. The molecule has 0 bridgehead atoms. The predicted octanol–water partition coefficient (Wildman–Crippen LogP) is 3.28. The molecule has 122 valence electrons. The zero-order valence-electron chi connectivity index (χ0n) is 13.8. The third kappa shape index (κ3) is 4.39. The average Bonchev–Trinajstić information content (AvgIpc) is 2.98. The summed E-state index contributed by atoms with van der Waals surface area (Å²) >= 11 is 0. The van der Waals surface area contributed by atoms with Gasteiger partial charge in [0.2, 0.25) is 5.91 Å². The zero-order chi connectivity index (χ0) is 16.8. The monoisotopic (exact) mass is 315 g/mol. The van der Waals surface area contributed by atoms with Gasteiger partial charge >= 0.3 is 0 Å². The van der Waals surface area contributed by atoms with Crippen LogP contribution in [0, 0.1) is 6.92 Å². The molecule has 23 heavy (non-hydrogen) atoms. The smallest absolute Gasteiger partial charge is 0.246 e. The van der Waals surface area contributed by atoms with Crippen molar-refractivity contribution in [2.45, 2.75) is 13.5 Å². The highest BCUT2D eigenvalue weighted by molar-refractivity contribution is 5.91. The van der Waals surface area contributed by atoms with Crippen molar-refractivity contribution in [2.75, 3.05) is 21.3 Å². The van der Waals surface area contributed by atoms with Crippen molar-refractivity contribution < 1.29 is 18.7 Å². The highest BCUT2D eigenvalue weighted by Gasteiger charge is 2.11. The Morgan fingerprint density at radius 2 is 2.00 bits per heavy atom. The number of carbonyl (C=O) groups is 1. The first-order chi connectivity index (χ1) is 11.0. The summed E-state index contributed by atoms with van der Waals surface area (Å²) in [6, 6.07) is 9.22. The standard InChI is InChI=1S/C18H21NO4/c1-13-5-7-15(23-13)9-10-18(20)19(2)12-14-6-8-16(21-3)11-17(14)22-4/h5-11H,12H2,1-4H3. The van der Waals surface area contributed by atoms with Crippen LogP contribution in [0.2, 0.25) is 0 Å². The van der Waals surface area contributed by atoms with Gasteiger partial charge in [-0.15, -0.1) is 0 Å². The normalized spacial score (nSPS) is 10.8. The molecule has 0 radical (unpaired) electrons. The molecule has 1 aromatic heterocycles. The maximum Gasteiger partial charge on any atom is 0.246 e. The number of likely N-dealkylation sites (N-methyl/N-ethyl adjacent to an activating group) is 1. The number of furan rings is 1. The summed E-state index contributed by atoms with van der Waals surface area (Å²) in [6.07, 6.45) is 3.16. The fourth-order valence-corrected chi connectivity index (χ4v) is 2.14. The summed E-state index contributed by atoms with van der Waals surface area (Å²) in [7, 11) is 4.94. The molecule has 0 atom stereocenters. The van der Waals surface area contributed by atoms with Crippen molar-refractivity contribution in [3.63, 3.8) is 0 Å². The number of methoxy groups -OCH3 is 2. The Kier molecular flexibility index (Phi) is 5.46. The molecule has 1 amide bonds. The van der Waals surface area contributed by atoms with Gasteiger partial charge in [-0.2, -0.15) is 0 Å². The molecular formula is C18H21NO4. The number of carbonyl (C=O) groups excluding carboxylic acids is 1. The Balaban J connectivity index is 2.04. The number of benzene rings is 1. The first-order valence-electron chi connectivity index (χ1n) is 7.24. The van der Waals surface area contributed by atoms with Gasteiger partial charge in [0, 0.05) is 31.3 Å². The van der Waals surface area contributed by atoms with Crippen LogP contribution in [0.15, 0.2) is 40.8 Å². The third-order valence-corrected chi connectivity index (χ3v) is 3.43. The molecule has 1 heterocycles. The summed E-state index contributed by atoms with van der Waals surface area (Å²) < 4.78 is 15.9. The minimum atomic E-state index is -0.114. The minimum Gasteiger partial charge on any atom is -0.497 e.